The Kier molecular flexibility index (Phi) is 6.49. The summed E-state index contributed by atoms with van der Waals surface area (Å²) in [4.78, 5) is 14.2. The minimum absolute atomic E-state index is 0.0476. The number of methoxy groups -OCH3 is 1. The Balaban J connectivity index is 1.58. The van der Waals surface area contributed by atoms with Crippen LogP contribution >= 0.6 is 0 Å². The highest BCUT2D eigenvalue weighted by molar-refractivity contribution is 5.87. The van der Waals surface area contributed by atoms with Crippen molar-refractivity contribution in [2.45, 2.75) is 13.2 Å². The summed E-state index contributed by atoms with van der Waals surface area (Å²) in [7, 11) is 3.22. The predicted molar refractivity (Wildman–Crippen MR) is 109 cm³/mol. The first-order chi connectivity index (χ1) is 14.0. The van der Waals surface area contributed by atoms with Crippen molar-refractivity contribution in [2.24, 2.45) is 0 Å². The second-order valence-electron chi connectivity index (χ2n) is 6.53. The Morgan fingerprint density at radius 1 is 1.03 bits per heavy atom. The van der Waals surface area contributed by atoms with Crippen molar-refractivity contribution in [3.63, 3.8) is 0 Å². The molecular weight excluding hydrogens is 378 g/mol. The molecule has 0 unspecified atom stereocenters. The van der Waals surface area contributed by atoms with Gasteiger partial charge in [-0.1, -0.05) is 36.4 Å². The number of ether oxygens (including phenoxy) is 2. The fraction of sp³-hybridized carbons (Fsp3) is 0.227. The van der Waals surface area contributed by atoms with E-state index >= 15 is 0 Å². The molecule has 7 heteroatoms. The van der Waals surface area contributed by atoms with Crippen LogP contribution < -0.4 is 19.7 Å². The molecule has 0 aliphatic heterocycles. The number of likely N-dealkylation sites (N-methyl/N-ethyl adjacent to an activating group) is 1. The Hall–Kier alpha value is -3.35. The zero-order valence-electron chi connectivity index (χ0n) is 16.2. The molecule has 29 heavy (non-hydrogen) atoms. The lowest BCUT2D eigenvalue weighted by molar-refractivity contribution is -0.119. The molecule has 0 fully saturated rings. The average molecular weight is 400 g/mol. The number of alkyl halides is 2. The van der Waals surface area contributed by atoms with Gasteiger partial charge in [-0.05, 0) is 40.6 Å². The van der Waals surface area contributed by atoms with Crippen LogP contribution in [0.3, 0.4) is 0 Å². The lowest BCUT2D eigenvalue weighted by atomic mass is 10.1. The number of hydrogen-bond donors (Lipinski definition) is 1. The van der Waals surface area contributed by atoms with Crippen molar-refractivity contribution >= 4 is 22.4 Å². The Morgan fingerprint density at radius 3 is 2.52 bits per heavy atom. The fourth-order valence-electron chi connectivity index (χ4n) is 2.99. The molecule has 1 N–H and O–H groups in total. The minimum Gasteiger partial charge on any atom is -0.493 e. The highest BCUT2D eigenvalue weighted by Gasteiger charge is 2.12. The maximum absolute atomic E-state index is 12.4. The van der Waals surface area contributed by atoms with E-state index in [1.807, 2.05) is 54.4 Å². The van der Waals surface area contributed by atoms with E-state index in [2.05, 4.69) is 10.1 Å². The normalized spacial score (nSPS) is 10.8. The zero-order valence-corrected chi connectivity index (χ0v) is 16.2. The topological polar surface area (TPSA) is 50.8 Å². The van der Waals surface area contributed by atoms with Crippen molar-refractivity contribution in [1.29, 1.82) is 0 Å². The van der Waals surface area contributed by atoms with E-state index in [4.69, 9.17) is 4.74 Å². The number of fused-ring (bicyclic) bond motifs is 1. The number of carbonyl (C=O) groups excluding carboxylic acids is 1. The van der Waals surface area contributed by atoms with Crippen LogP contribution in [0, 0.1) is 0 Å². The van der Waals surface area contributed by atoms with E-state index in [0.29, 0.717) is 5.56 Å². The number of halogens is 2. The van der Waals surface area contributed by atoms with Crippen LogP contribution in [0.15, 0.2) is 60.7 Å². The first-order valence-electron chi connectivity index (χ1n) is 9.04. The summed E-state index contributed by atoms with van der Waals surface area (Å²) < 4.78 is 34.3. The van der Waals surface area contributed by atoms with E-state index in [0.717, 1.165) is 16.5 Å². The lowest BCUT2D eigenvalue weighted by Gasteiger charge is -2.19. The van der Waals surface area contributed by atoms with Crippen LogP contribution in [-0.4, -0.2) is 33.2 Å². The van der Waals surface area contributed by atoms with Gasteiger partial charge in [0.1, 0.15) is 0 Å². The highest BCUT2D eigenvalue weighted by atomic mass is 19.3. The number of nitrogens with zero attached hydrogens (tertiary/aromatic N) is 1. The van der Waals surface area contributed by atoms with E-state index in [-0.39, 0.29) is 30.5 Å². The van der Waals surface area contributed by atoms with E-state index in [1.54, 1.807) is 12.1 Å². The van der Waals surface area contributed by atoms with Gasteiger partial charge in [-0.15, -0.1) is 0 Å². The number of carbonyl (C=O) groups is 1. The monoisotopic (exact) mass is 400 g/mol. The number of rotatable bonds is 8. The van der Waals surface area contributed by atoms with Gasteiger partial charge in [0, 0.05) is 19.3 Å². The summed E-state index contributed by atoms with van der Waals surface area (Å²) in [5, 5.41) is 5.07. The molecule has 0 saturated heterocycles. The fourth-order valence-corrected chi connectivity index (χ4v) is 2.99. The molecule has 0 saturated carbocycles. The number of hydrogen-bond acceptors (Lipinski definition) is 4. The number of nitrogens with one attached hydrogen (secondary N) is 1. The Labute approximate surface area is 167 Å². The van der Waals surface area contributed by atoms with Crippen molar-refractivity contribution in [3.8, 4) is 11.5 Å². The number of benzene rings is 3. The zero-order chi connectivity index (χ0) is 20.8. The van der Waals surface area contributed by atoms with Gasteiger partial charge in [0.15, 0.2) is 11.5 Å². The van der Waals surface area contributed by atoms with Gasteiger partial charge in [-0.25, -0.2) is 0 Å². The second kappa shape index (κ2) is 9.23. The van der Waals surface area contributed by atoms with Gasteiger partial charge in [0.2, 0.25) is 5.91 Å². The van der Waals surface area contributed by atoms with Gasteiger partial charge in [-0.2, -0.15) is 8.78 Å². The van der Waals surface area contributed by atoms with Gasteiger partial charge in [-0.3, -0.25) is 4.79 Å². The van der Waals surface area contributed by atoms with Crippen LogP contribution in [0.25, 0.3) is 10.8 Å². The van der Waals surface area contributed by atoms with Crippen LogP contribution in [-0.2, 0) is 11.3 Å². The lowest BCUT2D eigenvalue weighted by Crippen LogP contribution is -2.34. The molecule has 0 heterocycles. The summed E-state index contributed by atoms with van der Waals surface area (Å²) in [6.07, 6.45) is 0. The third kappa shape index (κ3) is 5.34. The molecule has 0 radical (unpaired) electrons. The van der Waals surface area contributed by atoms with Crippen molar-refractivity contribution in [3.05, 3.63) is 66.2 Å². The molecule has 1 amide bonds. The largest absolute Gasteiger partial charge is 0.493 e. The van der Waals surface area contributed by atoms with Gasteiger partial charge >= 0.3 is 6.61 Å². The third-order valence-electron chi connectivity index (χ3n) is 4.49. The molecule has 3 aromatic rings. The van der Waals surface area contributed by atoms with Crippen LogP contribution in [0.2, 0.25) is 0 Å². The third-order valence-corrected chi connectivity index (χ3v) is 4.49. The number of amides is 1. The molecule has 0 atom stereocenters. The molecule has 0 spiro atoms. The van der Waals surface area contributed by atoms with Crippen LogP contribution in [0.5, 0.6) is 11.5 Å². The standard InChI is InChI=1S/C22H22F2N2O3/c1-26(18-9-8-16-5-3-4-6-17(16)12-18)14-21(27)25-13-15-7-10-19(29-22(23)24)20(11-15)28-2/h3-12,22H,13-14H2,1-2H3,(H,25,27). The molecular formula is C22H22F2N2O3. The van der Waals surface area contributed by atoms with Crippen molar-refractivity contribution in [2.75, 3.05) is 25.6 Å². The van der Waals surface area contributed by atoms with E-state index in [9.17, 15) is 13.6 Å². The molecule has 5 nitrogen and oxygen atoms in total. The Morgan fingerprint density at radius 2 is 1.79 bits per heavy atom. The maximum atomic E-state index is 12.4. The molecule has 3 aromatic carbocycles. The maximum Gasteiger partial charge on any atom is 0.387 e. The summed E-state index contributed by atoms with van der Waals surface area (Å²) in [5.74, 6) is -0.0218. The van der Waals surface area contributed by atoms with Crippen LogP contribution in [0.4, 0.5) is 14.5 Å². The molecule has 0 aromatic heterocycles. The summed E-state index contributed by atoms with van der Waals surface area (Å²) >= 11 is 0. The smallest absolute Gasteiger partial charge is 0.387 e. The van der Waals surface area contributed by atoms with Gasteiger partial charge < -0.3 is 19.7 Å². The van der Waals surface area contributed by atoms with Gasteiger partial charge in [0.05, 0.1) is 13.7 Å². The molecule has 0 aliphatic carbocycles. The number of anilines is 1. The summed E-state index contributed by atoms with van der Waals surface area (Å²) in [6.45, 7) is -2.50. The van der Waals surface area contributed by atoms with E-state index in [1.165, 1.54) is 13.2 Å². The van der Waals surface area contributed by atoms with Crippen molar-refractivity contribution < 1.29 is 23.0 Å². The first-order valence-corrected chi connectivity index (χ1v) is 9.04. The molecule has 152 valence electrons. The average Bonchev–Trinajstić information content (AvgIpc) is 2.72. The molecule has 3 rings (SSSR count). The molecule has 0 aliphatic rings. The quantitative estimate of drug-likeness (QED) is 0.616. The van der Waals surface area contributed by atoms with E-state index < -0.39 is 6.61 Å². The molecule has 0 bridgehead atoms. The highest BCUT2D eigenvalue weighted by Crippen LogP contribution is 2.29. The van der Waals surface area contributed by atoms with Gasteiger partial charge in [0.25, 0.3) is 0 Å². The summed E-state index contributed by atoms with van der Waals surface area (Å²) in [6, 6.07) is 18.6. The first kappa shape index (κ1) is 20.4. The van der Waals surface area contributed by atoms with Crippen LogP contribution in [0.1, 0.15) is 5.56 Å². The van der Waals surface area contributed by atoms with Crippen molar-refractivity contribution in [1.82, 2.24) is 5.32 Å². The Bertz CT molecular complexity index is 995. The predicted octanol–water partition coefficient (Wildman–Crippen LogP) is 4.20. The SMILES string of the molecule is COc1cc(CNC(=O)CN(C)c2ccc3ccccc3c2)ccc1OC(F)F. The summed E-state index contributed by atoms with van der Waals surface area (Å²) in [5.41, 5.74) is 1.65. The second-order valence-corrected chi connectivity index (χ2v) is 6.53. The minimum atomic E-state index is -2.93.